The van der Waals surface area contributed by atoms with E-state index in [0.717, 1.165) is 32.0 Å². The Balaban J connectivity index is 2.48. The lowest BCUT2D eigenvalue weighted by Gasteiger charge is -2.25. The average Bonchev–Trinajstić information content (AvgIpc) is 2.52. The number of hydrogen-bond acceptors (Lipinski definition) is 4. The quantitative estimate of drug-likeness (QED) is 0.630. The van der Waals surface area contributed by atoms with Gasteiger partial charge in [0.1, 0.15) is 35.8 Å². The smallest absolute Gasteiger partial charge is 0.186 e. The number of quaternary nitrogens is 1. The van der Waals surface area contributed by atoms with Crippen LogP contribution in [0.5, 0.6) is 11.5 Å². The Kier molecular flexibility index (Phi) is 5.47. The van der Waals surface area contributed by atoms with E-state index in [4.69, 9.17) is 14.2 Å². The maximum Gasteiger partial charge on any atom is 0.186 e. The molecule has 1 N–H and O–H groups in total. The minimum absolute atomic E-state index is 0.0651. The zero-order valence-corrected chi connectivity index (χ0v) is 15.1. The van der Waals surface area contributed by atoms with Crippen LogP contribution < -0.4 is 14.4 Å². The molecule has 1 aromatic rings. The van der Waals surface area contributed by atoms with E-state index in [1.165, 1.54) is 4.90 Å². The molecular formula is C16H23BrNO4+. The van der Waals surface area contributed by atoms with E-state index in [1.54, 1.807) is 14.2 Å². The van der Waals surface area contributed by atoms with Gasteiger partial charge >= 0.3 is 0 Å². The molecule has 1 saturated heterocycles. The summed E-state index contributed by atoms with van der Waals surface area (Å²) in [7, 11) is 3.15. The van der Waals surface area contributed by atoms with E-state index in [2.05, 4.69) is 15.9 Å². The number of carbonyl (C=O) groups is 1. The second kappa shape index (κ2) is 6.98. The monoisotopic (exact) mass is 372 g/mol. The number of ether oxygens (including phenoxy) is 3. The summed E-state index contributed by atoms with van der Waals surface area (Å²) in [4.78, 5) is 14.0. The minimum Gasteiger partial charge on any atom is -0.496 e. The van der Waals surface area contributed by atoms with Gasteiger partial charge in [0.15, 0.2) is 5.78 Å². The second-order valence-electron chi connectivity index (χ2n) is 5.77. The van der Waals surface area contributed by atoms with Gasteiger partial charge < -0.3 is 14.2 Å². The number of benzene rings is 1. The standard InChI is InChI=1S/C16H22BrNO4/c1-16(2,17)15(19)14-12(20-3)9-11(10-13(14)21-4)18-5-7-22-8-6-18/h9-10H,5-8H2,1-4H3/p+1. The minimum atomic E-state index is -0.680. The maximum absolute atomic E-state index is 12.7. The highest BCUT2D eigenvalue weighted by atomic mass is 79.9. The van der Waals surface area contributed by atoms with Gasteiger partial charge in [-0.1, -0.05) is 15.9 Å². The van der Waals surface area contributed by atoms with Gasteiger partial charge in [-0.25, -0.2) is 0 Å². The first kappa shape index (κ1) is 17.2. The van der Waals surface area contributed by atoms with Crippen molar-refractivity contribution in [2.45, 2.75) is 18.2 Å². The molecular weight excluding hydrogens is 350 g/mol. The van der Waals surface area contributed by atoms with E-state index in [0.29, 0.717) is 17.1 Å². The van der Waals surface area contributed by atoms with Crippen molar-refractivity contribution < 1.29 is 23.9 Å². The molecule has 1 fully saturated rings. The number of methoxy groups -OCH3 is 2. The molecule has 5 nitrogen and oxygen atoms in total. The number of rotatable bonds is 5. The van der Waals surface area contributed by atoms with Gasteiger partial charge in [-0.15, -0.1) is 0 Å². The van der Waals surface area contributed by atoms with Gasteiger partial charge in [0.2, 0.25) is 0 Å². The molecule has 22 heavy (non-hydrogen) atoms. The number of Topliss-reactive ketones (excluding diaryl/α,β-unsaturated/α-hetero) is 1. The second-order valence-corrected chi connectivity index (χ2v) is 7.76. The molecule has 0 atom stereocenters. The van der Waals surface area contributed by atoms with Gasteiger partial charge in [-0.05, 0) is 13.8 Å². The molecule has 1 aromatic carbocycles. The summed E-state index contributed by atoms with van der Waals surface area (Å²) < 4.78 is 15.7. The lowest BCUT2D eigenvalue weighted by atomic mass is 9.98. The molecule has 0 radical (unpaired) electrons. The van der Waals surface area contributed by atoms with E-state index < -0.39 is 4.32 Å². The predicted octanol–water partition coefficient (Wildman–Crippen LogP) is 1.61. The summed E-state index contributed by atoms with van der Waals surface area (Å²) in [5, 5.41) is 0. The molecule has 0 bridgehead atoms. The van der Waals surface area contributed by atoms with Crippen LogP contribution in [0.25, 0.3) is 0 Å². The summed E-state index contributed by atoms with van der Waals surface area (Å²) in [5.74, 6) is 1.03. The van der Waals surface area contributed by atoms with Crippen molar-refractivity contribution >= 4 is 27.4 Å². The van der Waals surface area contributed by atoms with E-state index >= 15 is 0 Å². The molecule has 6 heteroatoms. The number of nitrogens with one attached hydrogen (secondary N) is 1. The van der Waals surface area contributed by atoms with Crippen LogP contribution in [-0.2, 0) is 4.74 Å². The number of hydrogen-bond donors (Lipinski definition) is 1. The number of carbonyl (C=O) groups excluding carboxylic acids is 1. The molecule has 2 rings (SSSR count). The van der Waals surface area contributed by atoms with Crippen LogP contribution in [0.3, 0.4) is 0 Å². The van der Waals surface area contributed by atoms with Crippen molar-refractivity contribution in [3.63, 3.8) is 0 Å². The lowest BCUT2D eigenvalue weighted by Crippen LogP contribution is -3.09. The normalized spacial score (nSPS) is 16.4. The van der Waals surface area contributed by atoms with Gasteiger partial charge in [0.05, 0.1) is 31.8 Å². The Labute approximate surface area is 139 Å². The highest BCUT2D eigenvalue weighted by Gasteiger charge is 2.32. The molecule has 0 aromatic heterocycles. The first-order valence-electron chi connectivity index (χ1n) is 7.31. The van der Waals surface area contributed by atoms with E-state index in [1.807, 2.05) is 26.0 Å². The van der Waals surface area contributed by atoms with Gasteiger partial charge in [0.25, 0.3) is 0 Å². The Bertz CT molecular complexity index is 523. The molecule has 1 aliphatic rings. The summed E-state index contributed by atoms with van der Waals surface area (Å²) in [6.07, 6.45) is 0. The van der Waals surface area contributed by atoms with Crippen LogP contribution in [0.1, 0.15) is 24.2 Å². The summed E-state index contributed by atoms with van der Waals surface area (Å²) in [5.41, 5.74) is 1.53. The van der Waals surface area contributed by atoms with E-state index in [-0.39, 0.29) is 5.78 Å². The third kappa shape index (κ3) is 3.62. The summed E-state index contributed by atoms with van der Waals surface area (Å²) in [6, 6.07) is 3.85. The van der Waals surface area contributed by atoms with Gasteiger partial charge in [-0.3, -0.25) is 9.69 Å². The number of morpholine rings is 1. The highest BCUT2D eigenvalue weighted by Crippen LogP contribution is 2.36. The van der Waals surface area contributed by atoms with Crippen LogP contribution in [0, 0.1) is 0 Å². The Morgan fingerprint density at radius 3 is 2.09 bits per heavy atom. The fraction of sp³-hybridized carbons (Fsp3) is 0.562. The lowest BCUT2D eigenvalue weighted by molar-refractivity contribution is -0.842. The summed E-state index contributed by atoms with van der Waals surface area (Å²) in [6.45, 7) is 6.88. The Morgan fingerprint density at radius 1 is 1.18 bits per heavy atom. The van der Waals surface area contributed by atoms with Crippen molar-refractivity contribution in [3.05, 3.63) is 17.7 Å². The van der Waals surface area contributed by atoms with Crippen molar-refractivity contribution in [2.24, 2.45) is 0 Å². The molecule has 122 valence electrons. The van der Waals surface area contributed by atoms with Crippen molar-refractivity contribution in [1.82, 2.24) is 0 Å². The Morgan fingerprint density at radius 2 is 1.68 bits per heavy atom. The maximum atomic E-state index is 12.7. The molecule has 1 aliphatic heterocycles. The average molecular weight is 373 g/mol. The van der Waals surface area contributed by atoms with Crippen molar-refractivity contribution in [2.75, 3.05) is 40.5 Å². The Hall–Kier alpha value is -1.11. The van der Waals surface area contributed by atoms with Crippen LogP contribution in [0.2, 0.25) is 0 Å². The number of alkyl halides is 1. The fourth-order valence-corrected chi connectivity index (χ4v) is 2.74. The van der Waals surface area contributed by atoms with Crippen LogP contribution in [-0.4, -0.2) is 50.6 Å². The van der Waals surface area contributed by atoms with Gasteiger partial charge in [0, 0.05) is 12.1 Å². The van der Waals surface area contributed by atoms with Crippen LogP contribution in [0.4, 0.5) is 5.69 Å². The molecule has 0 aliphatic carbocycles. The van der Waals surface area contributed by atoms with Crippen molar-refractivity contribution in [1.29, 1.82) is 0 Å². The molecule has 0 unspecified atom stereocenters. The first-order chi connectivity index (χ1) is 10.4. The van der Waals surface area contributed by atoms with Gasteiger partial charge in [-0.2, -0.15) is 0 Å². The summed E-state index contributed by atoms with van der Waals surface area (Å²) >= 11 is 3.42. The third-order valence-corrected chi connectivity index (χ3v) is 4.14. The first-order valence-corrected chi connectivity index (χ1v) is 8.10. The molecule has 0 spiro atoms. The largest absolute Gasteiger partial charge is 0.496 e. The van der Waals surface area contributed by atoms with Crippen LogP contribution in [0.15, 0.2) is 12.1 Å². The zero-order chi connectivity index (χ0) is 16.3. The highest BCUT2D eigenvalue weighted by molar-refractivity contribution is 9.10. The zero-order valence-electron chi connectivity index (χ0n) is 13.5. The fourth-order valence-electron chi connectivity index (χ4n) is 2.54. The van der Waals surface area contributed by atoms with Crippen LogP contribution >= 0.6 is 15.9 Å². The third-order valence-electron chi connectivity index (χ3n) is 3.78. The number of halogens is 1. The van der Waals surface area contributed by atoms with Crippen molar-refractivity contribution in [3.8, 4) is 11.5 Å². The predicted molar refractivity (Wildman–Crippen MR) is 88.1 cm³/mol. The molecule has 0 amide bonds. The SMILES string of the molecule is COc1cc([NH+]2CCOCC2)cc(OC)c1C(=O)C(C)(C)Br. The van der Waals surface area contributed by atoms with E-state index in [9.17, 15) is 4.79 Å². The molecule has 0 saturated carbocycles. The topological polar surface area (TPSA) is 49.2 Å². The number of ketones is 1. The molecule has 1 heterocycles.